The van der Waals surface area contributed by atoms with Gasteiger partial charge in [0.15, 0.2) is 0 Å². The molecule has 2 aromatic rings. The van der Waals surface area contributed by atoms with Crippen LogP contribution in [0, 0.1) is 13.8 Å². The van der Waals surface area contributed by atoms with Crippen molar-refractivity contribution in [2.75, 3.05) is 26.4 Å². The van der Waals surface area contributed by atoms with Crippen LogP contribution in [-0.2, 0) is 6.54 Å². The second kappa shape index (κ2) is 8.52. The van der Waals surface area contributed by atoms with Crippen molar-refractivity contribution < 1.29 is 19.0 Å². The molecule has 5 heteroatoms. The van der Waals surface area contributed by atoms with Crippen LogP contribution >= 0.6 is 0 Å². The summed E-state index contributed by atoms with van der Waals surface area (Å²) in [5.41, 5.74) is 3.43. The first kappa shape index (κ1) is 18.7. The first-order valence-corrected chi connectivity index (χ1v) is 8.96. The number of aryl methyl sites for hydroxylation is 2. The highest BCUT2D eigenvalue weighted by atomic mass is 19.1. The third kappa shape index (κ3) is 4.96. The molecule has 1 aliphatic heterocycles. The summed E-state index contributed by atoms with van der Waals surface area (Å²) in [5, 5.41) is 10.4. The second-order valence-electron chi connectivity index (χ2n) is 6.92. The summed E-state index contributed by atoms with van der Waals surface area (Å²) in [7, 11) is 0. The average molecular weight is 359 g/mol. The summed E-state index contributed by atoms with van der Waals surface area (Å²) in [5.74, 6) is 1.48. The molecule has 0 spiro atoms. The molecule has 1 heterocycles. The van der Waals surface area contributed by atoms with E-state index in [9.17, 15) is 9.50 Å². The van der Waals surface area contributed by atoms with E-state index in [0.29, 0.717) is 18.8 Å². The van der Waals surface area contributed by atoms with Gasteiger partial charge in [0.25, 0.3) is 0 Å². The zero-order valence-electron chi connectivity index (χ0n) is 15.3. The maximum Gasteiger partial charge on any atom is 0.138 e. The maximum absolute atomic E-state index is 12.1. The van der Waals surface area contributed by atoms with Crippen molar-refractivity contribution in [2.45, 2.75) is 32.6 Å². The number of halogens is 1. The summed E-state index contributed by atoms with van der Waals surface area (Å²) in [4.78, 5) is 2.18. The predicted molar refractivity (Wildman–Crippen MR) is 99.5 cm³/mol. The molecule has 1 saturated heterocycles. The summed E-state index contributed by atoms with van der Waals surface area (Å²) in [6.45, 7) is 5.65. The van der Waals surface area contributed by atoms with Gasteiger partial charge < -0.3 is 14.6 Å². The van der Waals surface area contributed by atoms with E-state index in [4.69, 9.17) is 9.47 Å². The van der Waals surface area contributed by atoms with Gasteiger partial charge >= 0.3 is 0 Å². The molecule has 0 amide bonds. The van der Waals surface area contributed by atoms with Crippen molar-refractivity contribution in [1.82, 2.24) is 4.90 Å². The molecule has 0 radical (unpaired) electrons. The molecule has 0 bridgehead atoms. The van der Waals surface area contributed by atoms with E-state index >= 15 is 0 Å². The molecule has 26 heavy (non-hydrogen) atoms. The number of β-amino-alcohol motifs (C(OH)–C–C–N with tert-alkyl or cyclic N) is 1. The van der Waals surface area contributed by atoms with Crippen LogP contribution in [0.3, 0.4) is 0 Å². The Balaban J connectivity index is 1.56. The van der Waals surface area contributed by atoms with Crippen molar-refractivity contribution in [3.8, 4) is 11.5 Å². The standard InChI is InChI=1S/C21H26FNO3/c1-15-9-16(2)11-19(10-15)26-21-14-23(13-20(21)24)12-17-3-5-18(6-4-17)25-8-7-22/h3-6,9-11,20-21,24H,7-8,12-14H2,1-2H3/t20-,21-/m0/s1. The van der Waals surface area contributed by atoms with E-state index in [1.54, 1.807) is 0 Å². The lowest BCUT2D eigenvalue weighted by Gasteiger charge is -2.18. The molecule has 2 aromatic carbocycles. The first-order chi connectivity index (χ1) is 12.5. The van der Waals surface area contributed by atoms with Gasteiger partial charge in [-0.2, -0.15) is 0 Å². The van der Waals surface area contributed by atoms with E-state index in [-0.39, 0.29) is 12.7 Å². The number of aliphatic hydroxyl groups excluding tert-OH is 1. The molecule has 3 rings (SSSR count). The van der Waals surface area contributed by atoms with Crippen molar-refractivity contribution in [3.63, 3.8) is 0 Å². The Morgan fingerprint density at radius 3 is 2.38 bits per heavy atom. The third-order valence-corrected chi connectivity index (χ3v) is 4.47. The van der Waals surface area contributed by atoms with E-state index in [2.05, 4.69) is 11.0 Å². The summed E-state index contributed by atoms with van der Waals surface area (Å²) < 4.78 is 23.4. The second-order valence-corrected chi connectivity index (χ2v) is 6.92. The number of benzene rings is 2. The Hall–Kier alpha value is -2.11. The van der Waals surface area contributed by atoms with Gasteiger partial charge in [-0.1, -0.05) is 18.2 Å². The smallest absolute Gasteiger partial charge is 0.138 e. The number of nitrogens with zero attached hydrogens (tertiary/aromatic N) is 1. The van der Waals surface area contributed by atoms with Crippen LogP contribution < -0.4 is 9.47 Å². The van der Waals surface area contributed by atoms with Gasteiger partial charge in [-0.3, -0.25) is 4.90 Å². The minimum Gasteiger partial charge on any atom is -0.491 e. The predicted octanol–water partition coefficient (Wildman–Crippen LogP) is 3.28. The van der Waals surface area contributed by atoms with Gasteiger partial charge in [-0.15, -0.1) is 0 Å². The fourth-order valence-electron chi connectivity index (χ4n) is 3.36. The summed E-state index contributed by atoms with van der Waals surface area (Å²) in [6.07, 6.45) is -0.744. The minimum atomic E-state index is -0.511. The minimum absolute atomic E-state index is 0.0785. The molecule has 0 saturated carbocycles. The van der Waals surface area contributed by atoms with Crippen LogP contribution in [-0.4, -0.2) is 48.6 Å². The molecule has 1 aliphatic rings. The topological polar surface area (TPSA) is 41.9 Å². The lowest BCUT2D eigenvalue weighted by atomic mass is 10.1. The van der Waals surface area contributed by atoms with Crippen LogP contribution in [0.2, 0.25) is 0 Å². The van der Waals surface area contributed by atoms with E-state index in [1.807, 2.05) is 50.2 Å². The Morgan fingerprint density at radius 1 is 1.04 bits per heavy atom. The van der Waals surface area contributed by atoms with E-state index in [1.165, 1.54) is 0 Å². The third-order valence-electron chi connectivity index (χ3n) is 4.47. The molecular formula is C21H26FNO3. The largest absolute Gasteiger partial charge is 0.491 e. The quantitative estimate of drug-likeness (QED) is 0.824. The van der Waals surface area contributed by atoms with Crippen LogP contribution in [0.5, 0.6) is 11.5 Å². The number of alkyl halides is 1. The number of likely N-dealkylation sites (tertiary alicyclic amines) is 1. The highest BCUT2D eigenvalue weighted by Crippen LogP contribution is 2.23. The van der Waals surface area contributed by atoms with Crippen molar-refractivity contribution >= 4 is 0 Å². The fraction of sp³-hybridized carbons (Fsp3) is 0.429. The first-order valence-electron chi connectivity index (χ1n) is 8.96. The Labute approximate surface area is 154 Å². The molecule has 2 atom stereocenters. The van der Waals surface area contributed by atoms with Crippen LogP contribution in [0.25, 0.3) is 0 Å². The van der Waals surface area contributed by atoms with Crippen molar-refractivity contribution in [1.29, 1.82) is 0 Å². The number of aliphatic hydroxyl groups is 1. The van der Waals surface area contributed by atoms with Gasteiger partial charge in [0.2, 0.25) is 0 Å². The van der Waals surface area contributed by atoms with Gasteiger partial charge in [-0.05, 0) is 54.8 Å². The summed E-state index contributed by atoms with van der Waals surface area (Å²) >= 11 is 0. The molecule has 0 unspecified atom stereocenters. The molecule has 140 valence electrons. The maximum atomic E-state index is 12.1. The number of hydrogen-bond donors (Lipinski definition) is 1. The SMILES string of the molecule is Cc1cc(C)cc(O[C@H]2CN(Cc3ccc(OCCF)cc3)C[C@@H]2O)c1. The van der Waals surface area contributed by atoms with Gasteiger partial charge in [-0.25, -0.2) is 4.39 Å². The van der Waals surface area contributed by atoms with Crippen LogP contribution in [0.15, 0.2) is 42.5 Å². The number of hydrogen-bond acceptors (Lipinski definition) is 4. The number of rotatable bonds is 7. The molecule has 0 aliphatic carbocycles. The Morgan fingerprint density at radius 2 is 1.73 bits per heavy atom. The molecule has 0 aromatic heterocycles. The van der Waals surface area contributed by atoms with E-state index in [0.717, 1.165) is 29.0 Å². The number of ether oxygens (including phenoxy) is 2. The lowest BCUT2D eigenvalue weighted by Crippen LogP contribution is -2.30. The van der Waals surface area contributed by atoms with Gasteiger partial charge in [0.1, 0.15) is 37.0 Å². The fourth-order valence-corrected chi connectivity index (χ4v) is 3.36. The van der Waals surface area contributed by atoms with Gasteiger partial charge in [0.05, 0.1) is 0 Å². The lowest BCUT2D eigenvalue weighted by molar-refractivity contribution is 0.0736. The highest BCUT2D eigenvalue weighted by Gasteiger charge is 2.33. The average Bonchev–Trinajstić information content (AvgIpc) is 2.92. The molecule has 1 fully saturated rings. The summed E-state index contributed by atoms with van der Waals surface area (Å²) in [6, 6.07) is 13.7. The molecule has 4 nitrogen and oxygen atoms in total. The van der Waals surface area contributed by atoms with Crippen LogP contribution in [0.1, 0.15) is 16.7 Å². The Kier molecular flexibility index (Phi) is 6.12. The van der Waals surface area contributed by atoms with Crippen molar-refractivity contribution in [2.24, 2.45) is 0 Å². The monoisotopic (exact) mass is 359 g/mol. The highest BCUT2D eigenvalue weighted by molar-refractivity contribution is 5.33. The molecule has 1 N–H and O–H groups in total. The van der Waals surface area contributed by atoms with E-state index < -0.39 is 12.8 Å². The van der Waals surface area contributed by atoms with Crippen LogP contribution in [0.4, 0.5) is 4.39 Å². The normalized spacial score (nSPS) is 20.3. The zero-order valence-corrected chi connectivity index (χ0v) is 15.3. The van der Waals surface area contributed by atoms with Crippen molar-refractivity contribution in [3.05, 3.63) is 59.2 Å². The zero-order chi connectivity index (χ0) is 18.5. The molecular weight excluding hydrogens is 333 g/mol. The Bertz CT molecular complexity index is 699. The van der Waals surface area contributed by atoms with Gasteiger partial charge in [0, 0.05) is 19.6 Å².